The molecular formula is C55H38N2OSi. The van der Waals surface area contributed by atoms with Gasteiger partial charge in [-0.3, -0.25) is 0 Å². The Bertz CT molecular complexity index is 3520. The summed E-state index contributed by atoms with van der Waals surface area (Å²) in [6.45, 7) is 2.35. The van der Waals surface area contributed by atoms with Gasteiger partial charge in [0.25, 0.3) is 0 Å². The van der Waals surface area contributed by atoms with Crippen molar-refractivity contribution in [2.75, 3.05) is 0 Å². The van der Waals surface area contributed by atoms with Crippen LogP contribution in [0.25, 0.3) is 76.9 Å². The van der Waals surface area contributed by atoms with Crippen LogP contribution in [0.5, 0.6) is 0 Å². The highest BCUT2D eigenvalue weighted by molar-refractivity contribution is 7.20. The van der Waals surface area contributed by atoms with Crippen LogP contribution in [0.2, 0.25) is 0 Å². The first-order valence-electron chi connectivity index (χ1n) is 20.4. The number of benzene rings is 9. The second-order valence-corrected chi connectivity index (χ2v) is 19.4. The van der Waals surface area contributed by atoms with Crippen molar-refractivity contribution in [2.45, 2.75) is 6.92 Å². The third kappa shape index (κ3) is 4.81. The van der Waals surface area contributed by atoms with Crippen molar-refractivity contribution in [1.82, 2.24) is 9.13 Å². The Balaban J connectivity index is 1.18. The number of nitrogens with zero attached hydrogens (tertiary/aromatic N) is 2. The zero-order valence-electron chi connectivity index (χ0n) is 32.5. The molecule has 0 bridgehead atoms. The predicted octanol–water partition coefficient (Wildman–Crippen LogP) is 11.5. The summed E-state index contributed by atoms with van der Waals surface area (Å²) in [6.07, 6.45) is 0. The molecule has 59 heavy (non-hydrogen) atoms. The minimum atomic E-state index is -3.01. The maximum atomic E-state index is 6.69. The minimum absolute atomic E-state index is 0.912. The first kappa shape index (κ1) is 33.7. The lowest BCUT2D eigenvalue weighted by Crippen LogP contribution is -2.75. The molecule has 0 unspecified atom stereocenters. The van der Waals surface area contributed by atoms with Crippen LogP contribution in [0.15, 0.2) is 217 Å². The normalized spacial score (nSPS) is 12.2. The number of aromatic nitrogens is 2. The molecule has 0 aliphatic heterocycles. The number of furan rings is 1. The molecule has 3 heterocycles. The SMILES string of the molecule is Cc1c(-n2c3ccccc3c3c4oc5ccccc5c4ccc32)cccc1[Si](c1ccccc1)(c1ccccc1)c1ccc2c(c1)c1ccccc1n2-c1ccccc1. The Kier molecular flexibility index (Phi) is 7.47. The van der Waals surface area contributed by atoms with Crippen LogP contribution in [0.4, 0.5) is 0 Å². The number of fused-ring (bicyclic) bond motifs is 10. The lowest BCUT2D eigenvalue weighted by Gasteiger charge is -2.36. The molecule has 9 aromatic carbocycles. The standard InChI is InChI=1S/C55H38N2OSi/c1-37-47(57-49-28-15-12-26-45(49)54-51(57)35-33-44-43-25-13-16-30-52(43)58-55(44)54)29-17-31-53(37)59(39-20-7-3-8-21-39,40-22-9-4-10-23-40)41-32-34-50-46(36-41)42-24-11-14-27-48(42)56(50)38-18-5-2-6-19-38/h2-36H,1H3. The van der Waals surface area contributed by atoms with E-state index in [1.807, 2.05) is 0 Å². The topological polar surface area (TPSA) is 23.0 Å². The Morgan fingerprint density at radius 3 is 1.69 bits per heavy atom. The number of rotatable bonds is 6. The molecule has 278 valence electrons. The molecular weight excluding hydrogens is 733 g/mol. The highest BCUT2D eigenvalue weighted by Crippen LogP contribution is 2.41. The molecule has 12 aromatic rings. The molecule has 12 rings (SSSR count). The van der Waals surface area contributed by atoms with Crippen LogP contribution >= 0.6 is 0 Å². The third-order valence-corrected chi connectivity index (χ3v) is 17.6. The largest absolute Gasteiger partial charge is 0.455 e. The fourth-order valence-corrected chi connectivity index (χ4v) is 15.2. The van der Waals surface area contributed by atoms with E-state index in [-0.39, 0.29) is 0 Å². The van der Waals surface area contributed by atoms with Gasteiger partial charge in [0, 0.05) is 38.3 Å². The van der Waals surface area contributed by atoms with Crippen molar-refractivity contribution in [1.29, 1.82) is 0 Å². The summed E-state index contributed by atoms with van der Waals surface area (Å²) in [7, 11) is -3.01. The van der Waals surface area contributed by atoms with Gasteiger partial charge in [0.05, 0.1) is 27.5 Å². The van der Waals surface area contributed by atoms with Gasteiger partial charge in [0.1, 0.15) is 11.2 Å². The molecule has 0 amide bonds. The van der Waals surface area contributed by atoms with Crippen LogP contribution in [0, 0.1) is 6.92 Å². The van der Waals surface area contributed by atoms with Crippen molar-refractivity contribution < 1.29 is 4.42 Å². The Morgan fingerprint density at radius 2 is 0.966 bits per heavy atom. The summed E-state index contributed by atoms with van der Waals surface area (Å²) in [5.41, 5.74) is 10.2. The van der Waals surface area contributed by atoms with E-state index >= 15 is 0 Å². The molecule has 0 radical (unpaired) electrons. The summed E-state index contributed by atoms with van der Waals surface area (Å²) in [6, 6.07) is 78.2. The van der Waals surface area contributed by atoms with Crippen molar-refractivity contribution >= 4 is 94.4 Å². The second kappa shape index (κ2) is 13.1. The van der Waals surface area contributed by atoms with E-state index in [2.05, 4.69) is 228 Å². The average molecular weight is 771 g/mol. The van der Waals surface area contributed by atoms with Gasteiger partial charge in [-0.05, 0) is 87.8 Å². The van der Waals surface area contributed by atoms with Gasteiger partial charge in [-0.1, -0.05) is 158 Å². The zero-order chi connectivity index (χ0) is 39.1. The van der Waals surface area contributed by atoms with Crippen molar-refractivity contribution in [3.63, 3.8) is 0 Å². The van der Waals surface area contributed by atoms with E-state index in [1.54, 1.807) is 0 Å². The molecule has 3 nitrogen and oxygen atoms in total. The molecule has 0 aliphatic rings. The summed E-state index contributed by atoms with van der Waals surface area (Å²) in [4.78, 5) is 0. The fraction of sp³-hybridized carbons (Fsp3) is 0.0182. The lowest BCUT2D eigenvalue weighted by molar-refractivity contribution is 0.673. The smallest absolute Gasteiger partial charge is 0.179 e. The first-order valence-corrected chi connectivity index (χ1v) is 22.4. The highest BCUT2D eigenvalue weighted by atomic mass is 28.3. The third-order valence-electron chi connectivity index (χ3n) is 12.7. The molecule has 0 saturated heterocycles. The fourth-order valence-electron chi connectivity index (χ4n) is 10.2. The van der Waals surface area contributed by atoms with E-state index in [9.17, 15) is 0 Å². The van der Waals surface area contributed by atoms with Gasteiger partial charge in [-0.2, -0.15) is 0 Å². The Labute approximate surface area is 342 Å². The summed E-state index contributed by atoms with van der Waals surface area (Å²) in [5, 5.41) is 12.6. The van der Waals surface area contributed by atoms with Gasteiger partial charge in [-0.15, -0.1) is 0 Å². The van der Waals surface area contributed by atoms with Crippen molar-refractivity contribution in [3.8, 4) is 11.4 Å². The van der Waals surface area contributed by atoms with Gasteiger partial charge < -0.3 is 13.6 Å². The Morgan fingerprint density at radius 1 is 0.390 bits per heavy atom. The number of para-hydroxylation sites is 4. The molecule has 0 N–H and O–H groups in total. The average Bonchev–Trinajstić information content (AvgIpc) is 3.96. The van der Waals surface area contributed by atoms with Gasteiger partial charge >= 0.3 is 0 Å². The van der Waals surface area contributed by atoms with Crippen LogP contribution in [0.3, 0.4) is 0 Å². The second-order valence-electron chi connectivity index (χ2n) is 15.6. The first-order chi connectivity index (χ1) is 29.2. The summed E-state index contributed by atoms with van der Waals surface area (Å²) < 4.78 is 11.6. The monoisotopic (exact) mass is 770 g/mol. The number of hydrogen-bond donors (Lipinski definition) is 0. The van der Waals surface area contributed by atoms with E-state index in [4.69, 9.17) is 4.42 Å². The molecule has 0 atom stereocenters. The molecule has 0 saturated carbocycles. The number of hydrogen-bond acceptors (Lipinski definition) is 1. The van der Waals surface area contributed by atoms with E-state index in [0.29, 0.717) is 0 Å². The van der Waals surface area contributed by atoms with E-state index in [1.165, 1.54) is 59.2 Å². The van der Waals surface area contributed by atoms with E-state index < -0.39 is 8.07 Å². The predicted molar refractivity (Wildman–Crippen MR) is 251 cm³/mol. The van der Waals surface area contributed by atoms with Crippen molar-refractivity contribution in [2.24, 2.45) is 0 Å². The van der Waals surface area contributed by atoms with Gasteiger partial charge in [-0.25, -0.2) is 0 Å². The molecule has 0 fully saturated rings. The van der Waals surface area contributed by atoms with Crippen LogP contribution in [-0.2, 0) is 0 Å². The quantitative estimate of drug-likeness (QED) is 0.122. The molecule has 0 spiro atoms. The van der Waals surface area contributed by atoms with E-state index in [0.717, 1.165) is 44.0 Å². The maximum absolute atomic E-state index is 6.69. The maximum Gasteiger partial charge on any atom is 0.179 e. The van der Waals surface area contributed by atoms with Gasteiger partial charge in [0.2, 0.25) is 0 Å². The van der Waals surface area contributed by atoms with Crippen molar-refractivity contribution in [3.05, 3.63) is 218 Å². The highest BCUT2D eigenvalue weighted by Gasteiger charge is 2.43. The summed E-state index contributed by atoms with van der Waals surface area (Å²) in [5.74, 6) is 0. The lowest BCUT2D eigenvalue weighted by atomic mass is 10.1. The molecule has 4 heteroatoms. The minimum Gasteiger partial charge on any atom is -0.455 e. The summed E-state index contributed by atoms with van der Waals surface area (Å²) >= 11 is 0. The Hall–Kier alpha value is -7.40. The van der Waals surface area contributed by atoms with Gasteiger partial charge in [0.15, 0.2) is 8.07 Å². The van der Waals surface area contributed by atoms with Crippen LogP contribution in [-0.4, -0.2) is 17.2 Å². The molecule has 3 aromatic heterocycles. The van der Waals surface area contributed by atoms with Crippen LogP contribution < -0.4 is 20.7 Å². The zero-order valence-corrected chi connectivity index (χ0v) is 33.5. The molecule has 0 aliphatic carbocycles. The van der Waals surface area contributed by atoms with Crippen LogP contribution in [0.1, 0.15) is 5.56 Å².